The maximum absolute atomic E-state index is 13.3. The zero-order chi connectivity index (χ0) is 14.0. The highest BCUT2D eigenvalue weighted by Crippen LogP contribution is 2.21. The summed E-state index contributed by atoms with van der Waals surface area (Å²) in [4.78, 5) is 19.1. The summed E-state index contributed by atoms with van der Waals surface area (Å²) in [5, 5.41) is 0. The highest BCUT2D eigenvalue weighted by Gasteiger charge is 2.11. The highest BCUT2D eigenvalue weighted by atomic mass is 127. The van der Waals surface area contributed by atoms with E-state index in [0.717, 1.165) is 24.1 Å². The fraction of sp³-hybridized carbons (Fsp3) is 0.286. The van der Waals surface area contributed by atoms with Crippen molar-refractivity contribution in [1.82, 2.24) is 9.97 Å². The Hall–Kier alpha value is -1.24. The average molecular weight is 372 g/mol. The van der Waals surface area contributed by atoms with Crippen molar-refractivity contribution >= 4 is 22.6 Å². The van der Waals surface area contributed by atoms with Gasteiger partial charge in [-0.1, -0.05) is 19.4 Å². The summed E-state index contributed by atoms with van der Waals surface area (Å²) in [5.41, 5.74) is 2.11. The number of benzene rings is 1. The Bertz CT molecular complexity index is 667. The minimum absolute atomic E-state index is 0.169. The lowest BCUT2D eigenvalue weighted by Crippen LogP contribution is -2.16. The fourth-order valence-corrected chi connectivity index (χ4v) is 2.41. The van der Waals surface area contributed by atoms with Crippen molar-refractivity contribution in [2.45, 2.75) is 26.7 Å². The van der Waals surface area contributed by atoms with Crippen molar-refractivity contribution < 1.29 is 4.39 Å². The van der Waals surface area contributed by atoms with Gasteiger partial charge in [0.1, 0.15) is 11.6 Å². The average Bonchev–Trinajstić information content (AvgIpc) is 2.38. The van der Waals surface area contributed by atoms with E-state index in [1.54, 1.807) is 6.07 Å². The van der Waals surface area contributed by atoms with Gasteiger partial charge in [0.25, 0.3) is 5.56 Å². The third kappa shape index (κ3) is 3.02. The summed E-state index contributed by atoms with van der Waals surface area (Å²) in [6.45, 7) is 3.90. The molecule has 0 saturated carbocycles. The molecule has 1 N–H and O–H groups in total. The Morgan fingerprint density at radius 1 is 1.42 bits per heavy atom. The third-order valence-electron chi connectivity index (χ3n) is 2.87. The molecule has 0 unspecified atom stereocenters. The van der Waals surface area contributed by atoms with Gasteiger partial charge >= 0.3 is 0 Å². The molecule has 1 aromatic heterocycles. The van der Waals surface area contributed by atoms with Crippen molar-refractivity contribution in [2.75, 3.05) is 0 Å². The standard InChI is InChI=1S/C14H14FIN2O/c1-3-4-11-12(16)14(19)18-13(17-11)10-7-9(15)6-5-8(10)2/h5-7H,3-4H2,1-2H3,(H,17,18,19). The van der Waals surface area contributed by atoms with Gasteiger partial charge in [0.05, 0.1) is 9.26 Å². The first-order chi connectivity index (χ1) is 9.02. The largest absolute Gasteiger partial charge is 0.306 e. The summed E-state index contributed by atoms with van der Waals surface area (Å²) in [6.07, 6.45) is 1.65. The van der Waals surface area contributed by atoms with Crippen LogP contribution >= 0.6 is 22.6 Å². The Morgan fingerprint density at radius 3 is 2.84 bits per heavy atom. The molecule has 100 valence electrons. The van der Waals surface area contributed by atoms with Gasteiger partial charge < -0.3 is 4.98 Å². The van der Waals surface area contributed by atoms with E-state index in [4.69, 9.17) is 0 Å². The molecule has 0 radical (unpaired) electrons. The van der Waals surface area contributed by atoms with E-state index in [9.17, 15) is 9.18 Å². The van der Waals surface area contributed by atoms with Crippen molar-refractivity contribution in [2.24, 2.45) is 0 Å². The molecule has 0 spiro atoms. The quantitative estimate of drug-likeness (QED) is 0.840. The molecule has 1 heterocycles. The maximum atomic E-state index is 13.3. The van der Waals surface area contributed by atoms with Crippen LogP contribution in [0.25, 0.3) is 11.4 Å². The van der Waals surface area contributed by atoms with Crippen LogP contribution in [0.3, 0.4) is 0 Å². The molecule has 19 heavy (non-hydrogen) atoms. The normalized spacial score (nSPS) is 10.7. The molecule has 2 aromatic rings. The second-order valence-electron chi connectivity index (χ2n) is 4.38. The molecular formula is C14H14FIN2O. The van der Waals surface area contributed by atoms with Crippen LogP contribution in [0.4, 0.5) is 4.39 Å². The summed E-state index contributed by atoms with van der Waals surface area (Å²) in [5.74, 6) is 0.102. The SMILES string of the molecule is CCCc1nc(-c2cc(F)ccc2C)[nH]c(=O)c1I. The molecule has 0 aliphatic rings. The summed E-state index contributed by atoms with van der Waals surface area (Å²) < 4.78 is 13.9. The van der Waals surface area contributed by atoms with Gasteiger partial charge in [-0.15, -0.1) is 0 Å². The van der Waals surface area contributed by atoms with Gasteiger partial charge in [-0.05, 0) is 53.6 Å². The predicted octanol–water partition coefficient (Wildman–Crippen LogP) is 3.44. The van der Waals surface area contributed by atoms with E-state index < -0.39 is 0 Å². The Kier molecular flexibility index (Phi) is 4.34. The zero-order valence-electron chi connectivity index (χ0n) is 10.8. The number of aryl methyl sites for hydroxylation is 2. The second-order valence-corrected chi connectivity index (χ2v) is 5.46. The molecule has 0 fully saturated rings. The minimum Gasteiger partial charge on any atom is -0.306 e. The molecule has 0 atom stereocenters. The molecule has 3 nitrogen and oxygen atoms in total. The summed E-state index contributed by atoms with van der Waals surface area (Å²) in [7, 11) is 0. The summed E-state index contributed by atoms with van der Waals surface area (Å²) >= 11 is 2.00. The van der Waals surface area contributed by atoms with E-state index in [2.05, 4.69) is 9.97 Å². The lowest BCUT2D eigenvalue weighted by molar-refractivity contribution is 0.627. The van der Waals surface area contributed by atoms with E-state index in [0.29, 0.717) is 15.0 Å². The number of hydrogen-bond acceptors (Lipinski definition) is 2. The topological polar surface area (TPSA) is 45.8 Å². The Balaban J connectivity index is 2.62. The number of aromatic nitrogens is 2. The number of rotatable bonds is 3. The first kappa shape index (κ1) is 14.2. The maximum Gasteiger partial charge on any atom is 0.264 e. The number of nitrogens with zero attached hydrogens (tertiary/aromatic N) is 1. The van der Waals surface area contributed by atoms with Crippen LogP contribution in [0.5, 0.6) is 0 Å². The molecular weight excluding hydrogens is 358 g/mol. The molecule has 0 amide bonds. The van der Waals surface area contributed by atoms with Crippen molar-refractivity contribution in [1.29, 1.82) is 0 Å². The molecule has 0 aliphatic heterocycles. The van der Waals surface area contributed by atoms with Gasteiger partial charge in [0.15, 0.2) is 0 Å². The van der Waals surface area contributed by atoms with Gasteiger partial charge in [-0.3, -0.25) is 4.79 Å². The first-order valence-electron chi connectivity index (χ1n) is 6.08. The van der Waals surface area contributed by atoms with Crippen LogP contribution in [-0.2, 0) is 6.42 Å². The molecule has 5 heteroatoms. The number of H-pyrrole nitrogens is 1. The van der Waals surface area contributed by atoms with E-state index in [-0.39, 0.29) is 11.4 Å². The van der Waals surface area contributed by atoms with Crippen LogP contribution in [0.1, 0.15) is 24.6 Å². The first-order valence-corrected chi connectivity index (χ1v) is 7.16. The minimum atomic E-state index is -0.334. The smallest absolute Gasteiger partial charge is 0.264 e. The van der Waals surface area contributed by atoms with Gasteiger partial charge in [-0.25, -0.2) is 9.37 Å². The summed E-state index contributed by atoms with van der Waals surface area (Å²) in [6, 6.07) is 4.48. The highest BCUT2D eigenvalue weighted by molar-refractivity contribution is 14.1. The van der Waals surface area contributed by atoms with E-state index >= 15 is 0 Å². The second kappa shape index (κ2) is 5.81. The van der Waals surface area contributed by atoms with E-state index in [1.807, 2.05) is 36.4 Å². The van der Waals surface area contributed by atoms with Crippen LogP contribution in [-0.4, -0.2) is 9.97 Å². The Morgan fingerprint density at radius 2 is 2.16 bits per heavy atom. The lowest BCUT2D eigenvalue weighted by Gasteiger charge is -2.08. The fourth-order valence-electron chi connectivity index (χ4n) is 1.88. The number of aromatic amines is 1. The number of halogens is 2. The van der Waals surface area contributed by atoms with Crippen LogP contribution in [0, 0.1) is 16.3 Å². The predicted molar refractivity (Wildman–Crippen MR) is 81.7 cm³/mol. The van der Waals surface area contributed by atoms with Crippen LogP contribution in [0.2, 0.25) is 0 Å². The van der Waals surface area contributed by atoms with Gasteiger partial charge in [0.2, 0.25) is 0 Å². The Labute approximate surface area is 124 Å². The van der Waals surface area contributed by atoms with Crippen LogP contribution < -0.4 is 5.56 Å². The monoisotopic (exact) mass is 372 g/mol. The van der Waals surface area contributed by atoms with Crippen molar-refractivity contribution in [3.63, 3.8) is 0 Å². The van der Waals surface area contributed by atoms with E-state index in [1.165, 1.54) is 12.1 Å². The zero-order valence-corrected chi connectivity index (χ0v) is 12.9. The van der Waals surface area contributed by atoms with Crippen molar-refractivity contribution in [3.05, 3.63) is 49.2 Å². The van der Waals surface area contributed by atoms with Gasteiger partial charge in [-0.2, -0.15) is 0 Å². The van der Waals surface area contributed by atoms with Crippen LogP contribution in [0.15, 0.2) is 23.0 Å². The number of hydrogen-bond donors (Lipinski definition) is 1. The van der Waals surface area contributed by atoms with Gasteiger partial charge in [0, 0.05) is 5.56 Å². The molecule has 0 aliphatic carbocycles. The molecule has 2 rings (SSSR count). The number of nitrogens with one attached hydrogen (secondary N) is 1. The third-order valence-corrected chi connectivity index (χ3v) is 3.99. The van der Waals surface area contributed by atoms with Crippen molar-refractivity contribution in [3.8, 4) is 11.4 Å². The molecule has 0 saturated heterocycles. The molecule has 0 bridgehead atoms. The molecule has 1 aromatic carbocycles. The lowest BCUT2D eigenvalue weighted by atomic mass is 10.1.